The summed E-state index contributed by atoms with van der Waals surface area (Å²) in [6.07, 6.45) is 0. The Hall–Kier alpha value is -2.16. The van der Waals surface area contributed by atoms with E-state index in [1.807, 2.05) is 49.4 Å². The molecule has 2 N–H and O–H groups in total. The molecule has 0 atom stereocenters. The quantitative estimate of drug-likeness (QED) is 0.816. The monoisotopic (exact) mass is 229 g/mol. The molecular formula is C14H15NO2. The molecule has 0 unspecified atom stereocenters. The smallest absolute Gasteiger partial charge is 0.169 e. The van der Waals surface area contributed by atoms with E-state index in [0.29, 0.717) is 23.8 Å². The lowest BCUT2D eigenvalue weighted by Crippen LogP contribution is -1.95. The lowest BCUT2D eigenvalue weighted by Gasteiger charge is -2.11. The van der Waals surface area contributed by atoms with Crippen LogP contribution in [0.2, 0.25) is 0 Å². The van der Waals surface area contributed by atoms with Gasteiger partial charge < -0.3 is 15.2 Å². The number of benzene rings is 2. The van der Waals surface area contributed by atoms with Crippen molar-refractivity contribution in [1.82, 2.24) is 0 Å². The molecule has 3 heteroatoms. The van der Waals surface area contributed by atoms with Crippen LogP contribution in [-0.2, 0) is 0 Å². The van der Waals surface area contributed by atoms with Crippen LogP contribution in [0.1, 0.15) is 6.92 Å². The Labute approximate surface area is 101 Å². The van der Waals surface area contributed by atoms with E-state index in [1.165, 1.54) is 0 Å². The minimum absolute atomic E-state index is 0.608. The predicted molar refractivity (Wildman–Crippen MR) is 68.5 cm³/mol. The van der Waals surface area contributed by atoms with Crippen LogP contribution in [0, 0.1) is 0 Å². The van der Waals surface area contributed by atoms with Crippen molar-refractivity contribution in [3.05, 3.63) is 48.5 Å². The molecule has 2 aromatic rings. The number of ether oxygens (including phenoxy) is 2. The Bertz CT molecular complexity index is 497. The summed E-state index contributed by atoms with van der Waals surface area (Å²) in [6, 6.07) is 14.9. The van der Waals surface area contributed by atoms with E-state index in [0.717, 1.165) is 5.75 Å². The van der Waals surface area contributed by atoms with Crippen molar-refractivity contribution in [1.29, 1.82) is 0 Å². The van der Waals surface area contributed by atoms with Gasteiger partial charge in [-0.15, -0.1) is 0 Å². The molecule has 0 fully saturated rings. The van der Waals surface area contributed by atoms with Gasteiger partial charge in [0.05, 0.1) is 6.61 Å². The van der Waals surface area contributed by atoms with E-state index in [9.17, 15) is 0 Å². The number of nitrogens with two attached hydrogens (primary N) is 1. The van der Waals surface area contributed by atoms with Gasteiger partial charge in [-0.3, -0.25) is 0 Å². The van der Waals surface area contributed by atoms with Crippen LogP contribution in [0.5, 0.6) is 17.2 Å². The van der Waals surface area contributed by atoms with Gasteiger partial charge in [-0.05, 0) is 31.2 Å². The Balaban J connectivity index is 2.23. The zero-order valence-electron chi connectivity index (χ0n) is 9.72. The van der Waals surface area contributed by atoms with Crippen molar-refractivity contribution in [2.45, 2.75) is 6.92 Å². The number of nitrogen functional groups attached to an aromatic ring is 1. The second-order valence-corrected chi connectivity index (χ2v) is 3.55. The second-order valence-electron chi connectivity index (χ2n) is 3.55. The van der Waals surface area contributed by atoms with Gasteiger partial charge in [-0.2, -0.15) is 0 Å². The van der Waals surface area contributed by atoms with Crippen LogP contribution in [0.15, 0.2) is 48.5 Å². The third kappa shape index (κ3) is 2.91. The van der Waals surface area contributed by atoms with Crippen molar-refractivity contribution >= 4 is 5.69 Å². The van der Waals surface area contributed by atoms with E-state index in [4.69, 9.17) is 15.2 Å². The van der Waals surface area contributed by atoms with Crippen LogP contribution < -0.4 is 15.2 Å². The highest BCUT2D eigenvalue weighted by atomic mass is 16.5. The molecule has 2 aromatic carbocycles. The highest BCUT2D eigenvalue weighted by Gasteiger charge is 2.04. The molecule has 0 aliphatic rings. The van der Waals surface area contributed by atoms with Crippen molar-refractivity contribution in [3.63, 3.8) is 0 Å². The number of hydrogen-bond donors (Lipinski definition) is 1. The normalized spacial score (nSPS) is 9.94. The Morgan fingerprint density at radius 3 is 2.47 bits per heavy atom. The minimum Gasteiger partial charge on any atom is -0.490 e. The van der Waals surface area contributed by atoms with Gasteiger partial charge in [0.2, 0.25) is 0 Å². The van der Waals surface area contributed by atoms with E-state index in [1.54, 1.807) is 6.07 Å². The van der Waals surface area contributed by atoms with Crippen LogP contribution >= 0.6 is 0 Å². The maximum Gasteiger partial charge on any atom is 0.169 e. The lowest BCUT2D eigenvalue weighted by molar-refractivity contribution is 0.321. The molecule has 0 radical (unpaired) electrons. The maximum atomic E-state index is 5.74. The first-order valence-electron chi connectivity index (χ1n) is 5.55. The Morgan fingerprint density at radius 1 is 1.00 bits per heavy atom. The first-order chi connectivity index (χ1) is 8.29. The zero-order valence-corrected chi connectivity index (χ0v) is 9.72. The second kappa shape index (κ2) is 5.25. The summed E-state index contributed by atoms with van der Waals surface area (Å²) in [5, 5.41) is 0. The average molecular weight is 229 g/mol. The van der Waals surface area contributed by atoms with Crippen molar-refractivity contribution in [3.8, 4) is 17.2 Å². The molecule has 0 heterocycles. The maximum absolute atomic E-state index is 5.74. The molecule has 0 saturated carbocycles. The number of anilines is 1. The number of rotatable bonds is 4. The van der Waals surface area contributed by atoms with E-state index >= 15 is 0 Å². The molecule has 3 nitrogen and oxygen atoms in total. The van der Waals surface area contributed by atoms with Crippen molar-refractivity contribution in [2.24, 2.45) is 0 Å². The molecule has 0 spiro atoms. The van der Waals surface area contributed by atoms with Crippen LogP contribution in [-0.4, -0.2) is 6.61 Å². The van der Waals surface area contributed by atoms with Crippen LogP contribution in [0.4, 0.5) is 5.69 Å². The Kier molecular flexibility index (Phi) is 3.50. The van der Waals surface area contributed by atoms with Gasteiger partial charge in [-0.1, -0.05) is 18.2 Å². The fraction of sp³-hybridized carbons (Fsp3) is 0.143. The first-order valence-corrected chi connectivity index (χ1v) is 5.55. The molecule has 88 valence electrons. The molecule has 17 heavy (non-hydrogen) atoms. The topological polar surface area (TPSA) is 44.5 Å². The molecule has 0 bridgehead atoms. The molecule has 0 aliphatic carbocycles. The summed E-state index contributed by atoms with van der Waals surface area (Å²) in [4.78, 5) is 0. The zero-order chi connectivity index (χ0) is 12.1. The molecular weight excluding hydrogens is 214 g/mol. The van der Waals surface area contributed by atoms with Gasteiger partial charge >= 0.3 is 0 Å². The van der Waals surface area contributed by atoms with Crippen molar-refractivity contribution < 1.29 is 9.47 Å². The molecule has 2 rings (SSSR count). The Morgan fingerprint density at radius 2 is 1.76 bits per heavy atom. The molecule has 0 saturated heterocycles. The molecule has 0 aliphatic heterocycles. The largest absolute Gasteiger partial charge is 0.490 e. The predicted octanol–water partition coefficient (Wildman–Crippen LogP) is 3.46. The van der Waals surface area contributed by atoms with Gasteiger partial charge in [0, 0.05) is 11.8 Å². The standard InChI is InChI=1S/C14H15NO2/c1-2-16-13-8-3-4-9-14(13)17-12-7-5-6-11(15)10-12/h3-10H,2,15H2,1H3. The van der Waals surface area contributed by atoms with E-state index < -0.39 is 0 Å². The summed E-state index contributed by atoms with van der Waals surface area (Å²) in [5.74, 6) is 2.13. The van der Waals surface area contributed by atoms with Gasteiger partial charge in [0.15, 0.2) is 11.5 Å². The molecule has 0 aromatic heterocycles. The summed E-state index contributed by atoms with van der Waals surface area (Å²) in [5.41, 5.74) is 6.37. The van der Waals surface area contributed by atoms with Gasteiger partial charge in [-0.25, -0.2) is 0 Å². The van der Waals surface area contributed by atoms with Crippen LogP contribution in [0.3, 0.4) is 0 Å². The summed E-state index contributed by atoms with van der Waals surface area (Å²) >= 11 is 0. The fourth-order valence-corrected chi connectivity index (χ4v) is 1.51. The third-order valence-corrected chi connectivity index (χ3v) is 2.23. The van der Waals surface area contributed by atoms with E-state index in [2.05, 4.69) is 0 Å². The van der Waals surface area contributed by atoms with Crippen LogP contribution in [0.25, 0.3) is 0 Å². The summed E-state index contributed by atoms with van der Waals surface area (Å²) < 4.78 is 11.2. The number of para-hydroxylation sites is 2. The third-order valence-electron chi connectivity index (χ3n) is 2.23. The average Bonchev–Trinajstić information content (AvgIpc) is 2.32. The van der Waals surface area contributed by atoms with Gasteiger partial charge in [0.25, 0.3) is 0 Å². The number of hydrogen-bond acceptors (Lipinski definition) is 3. The van der Waals surface area contributed by atoms with Crippen molar-refractivity contribution in [2.75, 3.05) is 12.3 Å². The summed E-state index contributed by atoms with van der Waals surface area (Å²) in [7, 11) is 0. The minimum atomic E-state index is 0.608. The fourth-order valence-electron chi connectivity index (χ4n) is 1.51. The lowest BCUT2D eigenvalue weighted by atomic mass is 10.3. The summed E-state index contributed by atoms with van der Waals surface area (Å²) in [6.45, 7) is 2.55. The SMILES string of the molecule is CCOc1ccccc1Oc1cccc(N)c1. The van der Waals surface area contributed by atoms with Gasteiger partial charge in [0.1, 0.15) is 5.75 Å². The first kappa shape index (κ1) is 11.3. The molecule has 0 amide bonds. The highest BCUT2D eigenvalue weighted by Crippen LogP contribution is 2.31. The van der Waals surface area contributed by atoms with E-state index in [-0.39, 0.29) is 0 Å². The highest BCUT2D eigenvalue weighted by molar-refractivity contribution is 5.47.